The number of aromatic hydroxyl groups is 1. The Bertz CT molecular complexity index is 1160. The van der Waals surface area contributed by atoms with Crippen molar-refractivity contribution in [2.75, 3.05) is 5.32 Å². The number of aromatic nitrogens is 3. The summed E-state index contributed by atoms with van der Waals surface area (Å²) in [7, 11) is 0. The van der Waals surface area contributed by atoms with E-state index in [4.69, 9.17) is 16.3 Å². The van der Waals surface area contributed by atoms with E-state index < -0.39 is 52.6 Å². The highest BCUT2D eigenvalue weighted by Crippen LogP contribution is 2.34. The van der Waals surface area contributed by atoms with Gasteiger partial charge in [-0.25, -0.2) is 13.8 Å². The van der Waals surface area contributed by atoms with Gasteiger partial charge in [-0.1, -0.05) is 11.6 Å². The number of rotatable bonds is 5. The lowest BCUT2D eigenvalue weighted by Crippen LogP contribution is -2.32. The smallest absolute Gasteiger partial charge is 0.425 e. The highest BCUT2D eigenvalue weighted by molar-refractivity contribution is 6.33. The fraction of sp³-hybridized carbons (Fsp3) is 0.211. The second kappa shape index (κ2) is 8.61. The topological polar surface area (TPSA) is 100 Å². The second-order valence-corrected chi connectivity index (χ2v) is 6.96. The maximum absolute atomic E-state index is 14.8. The second-order valence-electron chi connectivity index (χ2n) is 6.58. The van der Waals surface area contributed by atoms with Crippen LogP contribution in [-0.4, -0.2) is 38.5 Å². The SMILES string of the molecule is Cc1n[nH]c(Cl)c1NC(=O)c1cc(F)c(-c2ccc(F)c(O)n2)cc1O[C@@H](C)C(F)(F)F. The number of hydrogen-bond acceptors (Lipinski definition) is 5. The van der Waals surface area contributed by atoms with Crippen LogP contribution < -0.4 is 10.1 Å². The molecule has 3 N–H and O–H groups in total. The molecule has 32 heavy (non-hydrogen) atoms. The van der Waals surface area contributed by atoms with Crippen molar-refractivity contribution < 1.29 is 36.6 Å². The van der Waals surface area contributed by atoms with Gasteiger partial charge in [0.2, 0.25) is 5.88 Å². The van der Waals surface area contributed by atoms with E-state index in [1.807, 2.05) is 0 Å². The van der Waals surface area contributed by atoms with Crippen LogP contribution in [0.15, 0.2) is 24.3 Å². The molecule has 0 fully saturated rings. The van der Waals surface area contributed by atoms with Gasteiger partial charge in [0.05, 0.1) is 17.0 Å². The minimum absolute atomic E-state index is 0.0427. The number of carbonyl (C=O) groups is 1. The predicted octanol–water partition coefficient (Wildman–Crippen LogP) is 5.00. The van der Waals surface area contributed by atoms with Crippen molar-refractivity contribution in [3.8, 4) is 22.9 Å². The highest BCUT2D eigenvalue weighted by atomic mass is 35.5. The van der Waals surface area contributed by atoms with Crippen molar-refractivity contribution in [3.05, 3.63) is 52.3 Å². The Morgan fingerprint density at radius 3 is 2.50 bits per heavy atom. The number of benzene rings is 1. The summed E-state index contributed by atoms with van der Waals surface area (Å²) < 4.78 is 72.2. The molecule has 1 amide bonds. The van der Waals surface area contributed by atoms with Crippen molar-refractivity contribution in [2.45, 2.75) is 26.1 Å². The van der Waals surface area contributed by atoms with Gasteiger partial charge in [0.15, 0.2) is 11.9 Å². The van der Waals surface area contributed by atoms with Crippen LogP contribution >= 0.6 is 11.6 Å². The fourth-order valence-electron chi connectivity index (χ4n) is 2.59. The molecule has 0 aliphatic rings. The first-order valence-electron chi connectivity index (χ1n) is 8.83. The van der Waals surface area contributed by atoms with E-state index in [9.17, 15) is 31.9 Å². The molecule has 3 rings (SSSR count). The maximum Gasteiger partial charge on any atom is 0.425 e. The zero-order valence-electron chi connectivity index (χ0n) is 16.3. The molecular weight excluding hydrogens is 463 g/mol. The average Bonchev–Trinajstić information content (AvgIpc) is 3.02. The van der Waals surface area contributed by atoms with Crippen molar-refractivity contribution in [1.82, 2.24) is 15.2 Å². The average molecular weight is 477 g/mol. The summed E-state index contributed by atoms with van der Waals surface area (Å²) in [4.78, 5) is 16.2. The Labute approximate surface area is 182 Å². The Morgan fingerprint density at radius 1 is 1.25 bits per heavy atom. The number of nitrogens with one attached hydrogen (secondary N) is 2. The quantitative estimate of drug-likeness (QED) is 0.450. The Morgan fingerprint density at radius 2 is 1.94 bits per heavy atom. The van der Waals surface area contributed by atoms with Gasteiger partial charge < -0.3 is 15.2 Å². The number of nitrogens with zero attached hydrogens (tertiary/aromatic N) is 2. The number of hydrogen-bond donors (Lipinski definition) is 3. The third kappa shape index (κ3) is 4.74. The molecule has 7 nitrogen and oxygen atoms in total. The summed E-state index contributed by atoms with van der Waals surface area (Å²) in [5, 5.41) is 17.9. The van der Waals surface area contributed by atoms with Crippen LogP contribution in [-0.2, 0) is 0 Å². The van der Waals surface area contributed by atoms with Gasteiger partial charge in [-0.3, -0.25) is 9.89 Å². The van der Waals surface area contributed by atoms with Gasteiger partial charge in [-0.2, -0.15) is 18.3 Å². The van der Waals surface area contributed by atoms with Crippen molar-refractivity contribution in [3.63, 3.8) is 0 Å². The number of amides is 1. The number of anilines is 1. The van der Waals surface area contributed by atoms with E-state index in [0.29, 0.717) is 13.0 Å². The summed E-state index contributed by atoms with van der Waals surface area (Å²) >= 11 is 5.88. The molecule has 0 unspecified atom stereocenters. The molecule has 1 aromatic carbocycles. The molecule has 1 atom stereocenters. The van der Waals surface area contributed by atoms with Crippen LogP contribution in [0.25, 0.3) is 11.3 Å². The summed E-state index contributed by atoms with van der Waals surface area (Å²) in [6.07, 6.45) is -7.15. The third-order valence-corrected chi connectivity index (χ3v) is 4.60. The molecule has 0 radical (unpaired) electrons. The molecule has 0 spiro atoms. The lowest BCUT2D eigenvalue weighted by molar-refractivity contribution is -0.189. The largest absolute Gasteiger partial charge is 0.491 e. The molecular formula is C19H14ClF5N4O3. The van der Waals surface area contributed by atoms with Crippen molar-refractivity contribution >= 4 is 23.2 Å². The Hall–Kier alpha value is -3.41. The Balaban J connectivity index is 2.09. The minimum Gasteiger partial charge on any atom is -0.491 e. The van der Waals surface area contributed by atoms with E-state index in [1.165, 1.54) is 6.92 Å². The summed E-state index contributed by atoms with van der Waals surface area (Å²) in [6.45, 7) is 2.20. The van der Waals surface area contributed by atoms with Crippen LogP contribution in [0.4, 0.5) is 27.6 Å². The van der Waals surface area contributed by atoms with Gasteiger partial charge in [-0.05, 0) is 38.1 Å². The molecule has 0 saturated heterocycles. The normalized spacial score (nSPS) is 12.5. The molecule has 170 valence electrons. The molecule has 0 aliphatic heterocycles. The van der Waals surface area contributed by atoms with Gasteiger partial charge in [0.25, 0.3) is 5.91 Å². The lowest BCUT2D eigenvalue weighted by Gasteiger charge is -2.20. The number of ether oxygens (including phenoxy) is 1. The van der Waals surface area contributed by atoms with E-state index in [-0.39, 0.29) is 22.2 Å². The number of aryl methyl sites for hydroxylation is 1. The van der Waals surface area contributed by atoms with Gasteiger partial charge in [0, 0.05) is 5.56 Å². The highest BCUT2D eigenvalue weighted by Gasteiger charge is 2.39. The zero-order valence-corrected chi connectivity index (χ0v) is 17.1. The molecule has 0 saturated carbocycles. The third-order valence-electron chi connectivity index (χ3n) is 4.32. The van der Waals surface area contributed by atoms with Gasteiger partial charge in [-0.15, -0.1) is 0 Å². The van der Waals surface area contributed by atoms with Crippen molar-refractivity contribution in [2.24, 2.45) is 0 Å². The maximum atomic E-state index is 14.8. The Kier molecular flexibility index (Phi) is 6.26. The number of alkyl halides is 3. The van der Waals surface area contributed by atoms with Crippen LogP contribution in [0.1, 0.15) is 23.0 Å². The first-order valence-corrected chi connectivity index (χ1v) is 9.21. The molecule has 2 heterocycles. The number of carbonyl (C=O) groups excluding carboxylic acids is 1. The van der Waals surface area contributed by atoms with E-state index >= 15 is 0 Å². The van der Waals surface area contributed by atoms with E-state index in [2.05, 4.69) is 20.5 Å². The van der Waals surface area contributed by atoms with Crippen molar-refractivity contribution in [1.29, 1.82) is 0 Å². The van der Waals surface area contributed by atoms with E-state index in [1.54, 1.807) is 0 Å². The van der Waals surface area contributed by atoms with Gasteiger partial charge >= 0.3 is 6.18 Å². The van der Waals surface area contributed by atoms with E-state index in [0.717, 1.165) is 18.2 Å². The minimum atomic E-state index is -4.79. The number of aromatic amines is 1. The zero-order chi connectivity index (χ0) is 23.8. The van der Waals surface area contributed by atoms with Crippen LogP contribution in [0.2, 0.25) is 5.15 Å². The molecule has 2 aromatic heterocycles. The number of H-pyrrole nitrogens is 1. The number of halogens is 6. The molecule has 0 aliphatic carbocycles. The molecule has 13 heteroatoms. The lowest BCUT2D eigenvalue weighted by atomic mass is 10.0. The first-order chi connectivity index (χ1) is 14.9. The predicted molar refractivity (Wildman–Crippen MR) is 104 cm³/mol. The van der Waals surface area contributed by atoms with Crippen LogP contribution in [0.5, 0.6) is 11.6 Å². The summed E-state index contributed by atoms with van der Waals surface area (Å²) in [6, 6.07) is 3.23. The monoisotopic (exact) mass is 476 g/mol. The summed E-state index contributed by atoms with van der Waals surface area (Å²) in [5.41, 5.74) is -0.991. The fourth-order valence-corrected chi connectivity index (χ4v) is 2.82. The summed E-state index contributed by atoms with van der Waals surface area (Å²) in [5.74, 6) is -4.87. The van der Waals surface area contributed by atoms with Crippen LogP contribution in [0, 0.1) is 18.6 Å². The van der Waals surface area contributed by atoms with Crippen LogP contribution in [0.3, 0.4) is 0 Å². The standard InChI is InChI=1S/C19H14ClF5N4O3/c1-7-15(16(20)29-28-7)27-17(30)10-5-12(22)9(13-4-3-11(21)18(31)26-13)6-14(10)32-8(2)19(23,24)25/h3-6,8H,1-2H3,(H,26,31)(H,27,30)(H,28,29)/t8-/m0/s1. The number of pyridine rings is 1. The van der Waals surface area contributed by atoms with Gasteiger partial charge in [0.1, 0.15) is 22.4 Å². The molecule has 3 aromatic rings. The first kappa shape index (κ1) is 23.3. The molecule has 0 bridgehead atoms.